The standard InChI is InChI=1S/C8H13NO2/c1-8(2)4-5-9-7(10)3-6-11-8/h4-5H,3,6H2,1-2H3,(H,9,10)/b5-4-. The highest BCUT2D eigenvalue weighted by Gasteiger charge is 2.16. The quantitative estimate of drug-likeness (QED) is 0.562. The minimum absolute atomic E-state index is 0.0109. The molecule has 0 saturated carbocycles. The number of rotatable bonds is 0. The van der Waals surface area contributed by atoms with E-state index >= 15 is 0 Å². The molecule has 0 atom stereocenters. The van der Waals surface area contributed by atoms with Crippen LogP contribution in [0.2, 0.25) is 0 Å². The molecule has 1 N–H and O–H groups in total. The van der Waals surface area contributed by atoms with Crippen LogP contribution in [-0.4, -0.2) is 18.1 Å². The van der Waals surface area contributed by atoms with E-state index in [0.717, 1.165) is 0 Å². The predicted octanol–water partition coefficient (Wildman–Crippen LogP) is 0.815. The van der Waals surface area contributed by atoms with Crippen molar-refractivity contribution >= 4 is 5.91 Å². The van der Waals surface area contributed by atoms with E-state index in [4.69, 9.17) is 4.74 Å². The summed E-state index contributed by atoms with van der Waals surface area (Å²) in [4.78, 5) is 10.8. The fourth-order valence-corrected chi connectivity index (χ4v) is 0.862. The Hall–Kier alpha value is -0.830. The van der Waals surface area contributed by atoms with Crippen molar-refractivity contribution in [3.8, 4) is 0 Å². The normalized spacial score (nSPS) is 26.5. The van der Waals surface area contributed by atoms with Crippen molar-refractivity contribution in [2.24, 2.45) is 0 Å². The van der Waals surface area contributed by atoms with Crippen LogP contribution >= 0.6 is 0 Å². The molecule has 0 fully saturated rings. The van der Waals surface area contributed by atoms with Gasteiger partial charge in [0.1, 0.15) is 0 Å². The highest BCUT2D eigenvalue weighted by molar-refractivity contribution is 5.77. The molecule has 0 saturated heterocycles. The van der Waals surface area contributed by atoms with E-state index in [0.29, 0.717) is 13.0 Å². The first kappa shape index (κ1) is 8.27. The minimum atomic E-state index is -0.256. The SMILES string of the molecule is CC1(C)/C=C\NC(=O)CCO1. The van der Waals surface area contributed by atoms with Gasteiger partial charge in [-0.15, -0.1) is 0 Å². The van der Waals surface area contributed by atoms with Crippen molar-refractivity contribution < 1.29 is 9.53 Å². The Balaban J connectivity index is 2.60. The lowest BCUT2D eigenvalue weighted by Gasteiger charge is -2.22. The summed E-state index contributed by atoms with van der Waals surface area (Å²) in [6.45, 7) is 4.41. The average molecular weight is 155 g/mol. The van der Waals surface area contributed by atoms with Gasteiger partial charge in [-0.2, -0.15) is 0 Å². The number of nitrogens with one attached hydrogen (secondary N) is 1. The summed E-state index contributed by atoms with van der Waals surface area (Å²) in [7, 11) is 0. The number of hydrogen-bond acceptors (Lipinski definition) is 2. The smallest absolute Gasteiger partial charge is 0.226 e. The fraction of sp³-hybridized carbons (Fsp3) is 0.625. The maximum atomic E-state index is 10.8. The molecule has 1 heterocycles. The number of carbonyl (C=O) groups excluding carboxylic acids is 1. The van der Waals surface area contributed by atoms with Crippen LogP contribution in [0.4, 0.5) is 0 Å². The number of amides is 1. The van der Waals surface area contributed by atoms with Gasteiger partial charge in [-0.05, 0) is 19.9 Å². The lowest BCUT2D eigenvalue weighted by atomic mass is 10.1. The Morgan fingerprint density at radius 3 is 3.09 bits per heavy atom. The molecule has 3 nitrogen and oxygen atoms in total. The van der Waals surface area contributed by atoms with E-state index in [1.54, 1.807) is 6.20 Å². The third-order valence-electron chi connectivity index (χ3n) is 1.53. The number of hydrogen-bond donors (Lipinski definition) is 1. The molecule has 3 heteroatoms. The average Bonchev–Trinajstić information content (AvgIpc) is 1.83. The zero-order chi connectivity index (χ0) is 8.32. The second kappa shape index (κ2) is 3.05. The van der Waals surface area contributed by atoms with Crippen LogP contribution < -0.4 is 5.32 Å². The van der Waals surface area contributed by atoms with Crippen molar-refractivity contribution in [1.29, 1.82) is 0 Å². The molecule has 0 aromatic heterocycles. The van der Waals surface area contributed by atoms with Gasteiger partial charge in [-0.25, -0.2) is 0 Å². The van der Waals surface area contributed by atoms with E-state index in [1.807, 2.05) is 19.9 Å². The maximum absolute atomic E-state index is 10.8. The molecule has 0 radical (unpaired) electrons. The lowest BCUT2D eigenvalue weighted by molar-refractivity contribution is -0.122. The van der Waals surface area contributed by atoms with Gasteiger partial charge in [0.2, 0.25) is 5.91 Å². The van der Waals surface area contributed by atoms with Crippen LogP contribution in [0.3, 0.4) is 0 Å². The molecule has 0 unspecified atom stereocenters. The Labute approximate surface area is 66.4 Å². The van der Waals surface area contributed by atoms with E-state index in [9.17, 15) is 4.79 Å². The van der Waals surface area contributed by atoms with Crippen LogP contribution in [0, 0.1) is 0 Å². The van der Waals surface area contributed by atoms with E-state index in [2.05, 4.69) is 5.32 Å². The molecule has 1 amide bonds. The maximum Gasteiger partial charge on any atom is 0.226 e. The zero-order valence-corrected chi connectivity index (χ0v) is 6.89. The van der Waals surface area contributed by atoms with Gasteiger partial charge in [0.25, 0.3) is 0 Å². The van der Waals surface area contributed by atoms with Crippen LogP contribution in [0.25, 0.3) is 0 Å². The molecule has 1 aliphatic heterocycles. The van der Waals surface area contributed by atoms with Gasteiger partial charge in [-0.1, -0.05) is 0 Å². The van der Waals surface area contributed by atoms with Gasteiger partial charge in [0, 0.05) is 6.20 Å². The van der Waals surface area contributed by atoms with Gasteiger partial charge in [0.05, 0.1) is 18.6 Å². The summed E-state index contributed by atoms with van der Waals surface area (Å²) in [6, 6.07) is 0. The Bertz CT molecular complexity index is 185. The van der Waals surface area contributed by atoms with Crippen molar-refractivity contribution in [2.75, 3.05) is 6.61 Å². The molecule has 1 aliphatic rings. The first-order valence-electron chi connectivity index (χ1n) is 3.71. The summed E-state index contributed by atoms with van der Waals surface area (Å²) in [5, 5.41) is 2.64. The molecule has 0 aliphatic carbocycles. The van der Waals surface area contributed by atoms with Crippen molar-refractivity contribution in [3.05, 3.63) is 12.3 Å². The Kier molecular flexibility index (Phi) is 2.29. The zero-order valence-electron chi connectivity index (χ0n) is 6.89. The topological polar surface area (TPSA) is 38.3 Å². The number of ether oxygens (including phenoxy) is 1. The van der Waals surface area contributed by atoms with Crippen molar-refractivity contribution in [1.82, 2.24) is 5.32 Å². The van der Waals surface area contributed by atoms with Gasteiger partial charge in [0.15, 0.2) is 0 Å². The highest BCUT2D eigenvalue weighted by atomic mass is 16.5. The van der Waals surface area contributed by atoms with Crippen LogP contribution in [0.15, 0.2) is 12.3 Å². The molecule has 0 spiro atoms. The van der Waals surface area contributed by atoms with Gasteiger partial charge >= 0.3 is 0 Å². The predicted molar refractivity (Wildman–Crippen MR) is 41.9 cm³/mol. The molecule has 0 bridgehead atoms. The first-order valence-corrected chi connectivity index (χ1v) is 3.71. The second-order valence-corrected chi connectivity index (χ2v) is 3.10. The van der Waals surface area contributed by atoms with E-state index in [1.165, 1.54) is 0 Å². The second-order valence-electron chi connectivity index (χ2n) is 3.10. The molecular weight excluding hydrogens is 142 g/mol. The van der Waals surface area contributed by atoms with E-state index < -0.39 is 0 Å². The monoisotopic (exact) mass is 155 g/mol. The lowest BCUT2D eigenvalue weighted by Crippen LogP contribution is -2.29. The Morgan fingerprint density at radius 2 is 2.36 bits per heavy atom. The fourth-order valence-electron chi connectivity index (χ4n) is 0.862. The molecule has 0 aromatic rings. The van der Waals surface area contributed by atoms with Crippen molar-refractivity contribution in [3.63, 3.8) is 0 Å². The largest absolute Gasteiger partial charge is 0.371 e. The summed E-state index contributed by atoms with van der Waals surface area (Å²) in [6.07, 6.45) is 3.92. The third kappa shape index (κ3) is 2.72. The van der Waals surface area contributed by atoms with Crippen molar-refractivity contribution in [2.45, 2.75) is 25.9 Å². The highest BCUT2D eigenvalue weighted by Crippen LogP contribution is 2.11. The molecule has 0 aromatic carbocycles. The van der Waals surface area contributed by atoms with Crippen LogP contribution in [0.5, 0.6) is 0 Å². The van der Waals surface area contributed by atoms with Gasteiger partial charge in [-0.3, -0.25) is 4.79 Å². The molecule has 1 rings (SSSR count). The molecule has 62 valence electrons. The minimum Gasteiger partial charge on any atom is -0.371 e. The summed E-state index contributed by atoms with van der Waals surface area (Å²) < 4.78 is 5.39. The molecule has 11 heavy (non-hydrogen) atoms. The van der Waals surface area contributed by atoms with E-state index in [-0.39, 0.29) is 11.5 Å². The third-order valence-corrected chi connectivity index (χ3v) is 1.53. The summed E-state index contributed by atoms with van der Waals surface area (Å²) >= 11 is 0. The van der Waals surface area contributed by atoms with Gasteiger partial charge < -0.3 is 10.1 Å². The van der Waals surface area contributed by atoms with Crippen LogP contribution in [-0.2, 0) is 9.53 Å². The Morgan fingerprint density at radius 1 is 1.64 bits per heavy atom. The number of carbonyl (C=O) groups is 1. The summed E-state index contributed by atoms with van der Waals surface area (Å²) in [5.74, 6) is 0.0109. The first-order chi connectivity index (χ1) is 5.10. The summed E-state index contributed by atoms with van der Waals surface area (Å²) in [5.41, 5.74) is -0.256. The molecular formula is C8H13NO2. The van der Waals surface area contributed by atoms with Crippen LogP contribution in [0.1, 0.15) is 20.3 Å².